The number of anilines is 1. The molecule has 4 heterocycles. The summed E-state index contributed by atoms with van der Waals surface area (Å²) in [6, 6.07) is 24.5. The van der Waals surface area contributed by atoms with Crippen LogP contribution in [0.1, 0.15) is 12.8 Å². The average Bonchev–Trinajstić information content (AvgIpc) is 3.44. The standard InChI is InChI=1S/C32H33N7O2/c1-37-18-8-13-24(37)21-41-32-35-28-27(30(36-32)38-19-16-33-17-20-38)34-29(23-10-3-2-4-11-23)39(31(28)40)26-15-7-12-22-9-5-6-14-25(22)26/h2-7,9-12,14-15,24,33H,8,13,16-21H2,1H3. The van der Waals surface area contributed by atoms with Crippen molar-refractivity contribution in [3.05, 3.63) is 83.2 Å². The minimum absolute atomic E-state index is 0.224. The van der Waals surface area contributed by atoms with Gasteiger partial charge >= 0.3 is 6.01 Å². The number of nitrogens with one attached hydrogen (secondary N) is 1. The molecule has 41 heavy (non-hydrogen) atoms. The number of ether oxygens (including phenoxy) is 1. The zero-order chi connectivity index (χ0) is 27.8. The van der Waals surface area contributed by atoms with Gasteiger partial charge in [0.1, 0.15) is 17.9 Å². The Morgan fingerprint density at radius 3 is 2.46 bits per heavy atom. The molecule has 0 amide bonds. The third kappa shape index (κ3) is 4.81. The predicted octanol–water partition coefficient (Wildman–Crippen LogP) is 3.88. The molecule has 2 aliphatic heterocycles. The highest BCUT2D eigenvalue weighted by Gasteiger charge is 2.26. The van der Waals surface area contributed by atoms with Crippen LogP contribution in [0.2, 0.25) is 0 Å². The molecular weight excluding hydrogens is 514 g/mol. The van der Waals surface area contributed by atoms with E-state index in [2.05, 4.69) is 34.3 Å². The lowest BCUT2D eigenvalue weighted by Gasteiger charge is -2.29. The van der Waals surface area contributed by atoms with Gasteiger partial charge < -0.3 is 19.9 Å². The first-order valence-corrected chi connectivity index (χ1v) is 14.3. The van der Waals surface area contributed by atoms with E-state index in [0.29, 0.717) is 29.8 Å². The minimum atomic E-state index is -0.244. The smallest absolute Gasteiger partial charge is 0.319 e. The summed E-state index contributed by atoms with van der Waals surface area (Å²) in [5, 5.41) is 5.41. The molecule has 1 unspecified atom stereocenters. The third-order valence-electron chi connectivity index (χ3n) is 8.21. The van der Waals surface area contributed by atoms with Crippen molar-refractivity contribution in [1.82, 2.24) is 29.7 Å². The first-order valence-electron chi connectivity index (χ1n) is 14.3. The Balaban J connectivity index is 1.47. The molecule has 2 aliphatic rings. The highest BCUT2D eigenvalue weighted by Crippen LogP contribution is 2.30. The van der Waals surface area contributed by atoms with Gasteiger partial charge in [0.2, 0.25) is 0 Å². The van der Waals surface area contributed by atoms with Crippen molar-refractivity contribution in [3.8, 4) is 23.1 Å². The van der Waals surface area contributed by atoms with E-state index in [1.54, 1.807) is 4.57 Å². The monoisotopic (exact) mass is 547 g/mol. The van der Waals surface area contributed by atoms with Crippen molar-refractivity contribution in [2.75, 3.05) is 51.3 Å². The molecule has 0 saturated carbocycles. The van der Waals surface area contributed by atoms with Gasteiger partial charge in [-0.2, -0.15) is 9.97 Å². The Labute approximate surface area is 238 Å². The van der Waals surface area contributed by atoms with Gasteiger partial charge in [-0.05, 0) is 37.9 Å². The SMILES string of the molecule is CN1CCCC1COc1nc(N2CCNCC2)c2nc(-c3ccccc3)n(-c3cccc4ccccc34)c(=O)c2n1. The van der Waals surface area contributed by atoms with Crippen molar-refractivity contribution < 1.29 is 4.74 Å². The second kappa shape index (κ2) is 10.9. The van der Waals surface area contributed by atoms with E-state index in [1.165, 1.54) is 0 Å². The quantitative estimate of drug-likeness (QED) is 0.343. The molecule has 2 fully saturated rings. The van der Waals surface area contributed by atoms with E-state index < -0.39 is 0 Å². The number of nitrogens with zero attached hydrogens (tertiary/aromatic N) is 6. The molecular formula is C32H33N7O2. The number of likely N-dealkylation sites (tertiary alicyclic amines) is 1. The van der Waals surface area contributed by atoms with Gasteiger partial charge in [-0.25, -0.2) is 4.98 Å². The summed E-state index contributed by atoms with van der Waals surface area (Å²) in [7, 11) is 2.12. The fraction of sp³-hybridized carbons (Fsp3) is 0.312. The Kier molecular flexibility index (Phi) is 6.82. The lowest BCUT2D eigenvalue weighted by molar-refractivity contribution is 0.188. The number of hydrogen-bond donors (Lipinski definition) is 1. The maximum absolute atomic E-state index is 14.6. The van der Waals surface area contributed by atoms with Gasteiger partial charge in [-0.15, -0.1) is 0 Å². The van der Waals surface area contributed by atoms with Crippen LogP contribution in [0.15, 0.2) is 77.6 Å². The molecule has 0 bridgehead atoms. The van der Waals surface area contributed by atoms with Crippen LogP contribution in [0.3, 0.4) is 0 Å². The number of hydrogen-bond acceptors (Lipinski definition) is 8. The summed E-state index contributed by atoms with van der Waals surface area (Å²) < 4.78 is 7.90. The van der Waals surface area contributed by atoms with Gasteiger partial charge in [0.25, 0.3) is 5.56 Å². The van der Waals surface area contributed by atoms with Gasteiger partial charge in [0.15, 0.2) is 11.3 Å². The molecule has 1 N–H and O–H groups in total. The van der Waals surface area contributed by atoms with Gasteiger partial charge in [-0.1, -0.05) is 66.7 Å². The highest BCUT2D eigenvalue weighted by molar-refractivity contribution is 5.92. The van der Waals surface area contributed by atoms with Crippen molar-refractivity contribution in [2.45, 2.75) is 18.9 Å². The van der Waals surface area contributed by atoms with Gasteiger partial charge in [-0.3, -0.25) is 9.36 Å². The number of piperazine rings is 1. The fourth-order valence-electron chi connectivity index (χ4n) is 5.96. The minimum Gasteiger partial charge on any atom is -0.462 e. The number of rotatable bonds is 6. The molecule has 0 radical (unpaired) electrons. The van der Waals surface area contributed by atoms with E-state index in [4.69, 9.17) is 19.7 Å². The zero-order valence-electron chi connectivity index (χ0n) is 23.2. The van der Waals surface area contributed by atoms with E-state index in [-0.39, 0.29) is 17.1 Å². The molecule has 0 spiro atoms. The van der Waals surface area contributed by atoms with E-state index in [9.17, 15) is 4.79 Å². The second-order valence-corrected chi connectivity index (χ2v) is 10.8. The van der Waals surface area contributed by atoms with E-state index >= 15 is 0 Å². The molecule has 0 aliphatic carbocycles. The molecule has 1 atom stereocenters. The average molecular weight is 548 g/mol. The summed E-state index contributed by atoms with van der Waals surface area (Å²) in [5.41, 5.74) is 2.12. The molecule has 2 saturated heterocycles. The van der Waals surface area contributed by atoms with Crippen molar-refractivity contribution in [2.24, 2.45) is 0 Å². The highest BCUT2D eigenvalue weighted by atomic mass is 16.5. The van der Waals surface area contributed by atoms with Crippen LogP contribution >= 0.6 is 0 Å². The van der Waals surface area contributed by atoms with Crippen LogP contribution in [0.4, 0.5) is 5.82 Å². The second-order valence-electron chi connectivity index (χ2n) is 10.8. The van der Waals surface area contributed by atoms with Crippen LogP contribution in [0.5, 0.6) is 6.01 Å². The molecule has 5 aromatic rings. The lowest BCUT2D eigenvalue weighted by Crippen LogP contribution is -2.44. The normalized spacial score (nSPS) is 17.9. The largest absolute Gasteiger partial charge is 0.462 e. The van der Waals surface area contributed by atoms with Crippen LogP contribution < -0.4 is 20.5 Å². The number of benzene rings is 3. The number of likely N-dealkylation sites (N-methyl/N-ethyl adjacent to an activating group) is 1. The van der Waals surface area contributed by atoms with Gasteiger partial charge in [0.05, 0.1) is 5.69 Å². The summed E-state index contributed by atoms with van der Waals surface area (Å²) in [4.78, 5) is 33.9. The topological polar surface area (TPSA) is 88.4 Å². The Hall–Kier alpha value is -4.34. The fourth-order valence-corrected chi connectivity index (χ4v) is 5.96. The molecule has 2 aromatic heterocycles. The van der Waals surface area contributed by atoms with Crippen LogP contribution in [0, 0.1) is 0 Å². The van der Waals surface area contributed by atoms with Crippen molar-refractivity contribution in [3.63, 3.8) is 0 Å². The Morgan fingerprint density at radius 2 is 1.66 bits per heavy atom. The first kappa shape index (κ1) is 25.6. The zero-order valence-corrected chi connectivity index (χ0v) is 23.2. The van der Waals surface area contributed by atoms with Crippen molar-refractivity contribution in [1.29, 1.82) is 0 Å². The number of fused-ring (bicyclic) bond motifs is 2. The predicted molar refractivity (Wildman–Crippen MR) is 162 cm³/mol. The van der Waals surface area contributed by atoms with Crippen LogP contribution in [-0.2, 0) is 0 Å². The summed E-state index contributed by atoms with van der Waals surface area (Å²) >= 11 is 0. The molecule has 208 valence electrons. The van der Waals surface area contributed by atoms with Crippen LogP contribution in [0.25, 0.3) is 38.9 Å². The lowest BCUT2D eigenvalue weighted by atomic mass is 10.1. The van der Waals surface area contributed by atoms with E-state index in [1.807, 2.05) is 60.7 Å². The first-order chi connectivity index (χ1) is 20.2. The summed E-state index contributed by atoms with van der Waals surface area (Å²) in [5.74, 6) is 1.20. The maximum atomic E-state index is 14.6. The molecule has 9 nitrogen and oxygen atoms in total. The third-order valence-corrected chi connectivity index (χ3v) is 8.21. The summed E-state index contributed by atoms with van der Waals surface area (Å²) in [6.45, 7) is 4.70. The van der Waals surface area contributed by atoms with Crippen molar-refractivity contribution >= 4 is 27.6 Å². The molecule has 9 heteroatoms. The Bertz CT molecular complexity index is 1760. The molecule has 3 aromatic carbocycles. The maximum Gasteiger partial charge on any atom is 0.319 e. The Morgan fingerprint density at radius 1 is 0.878 bits per heavy atom. The van der Waals surface area contributed by atoms with Gasteiger partial charge in [0, 0.05) is 43.2 Å². The molecule has 7 rings (SSSR count). The number of aromatic nitrogens is 4. The van der Waals surface area contributed by atoms with Crippen LogP contribution in [-0.4, -0.2) is 76.8 Å². The van der Waals surface area contributed by atoms with E-state index in [0.717, 1.165) is 67.6 Å². The summed E-state index contributed by atoms with van der Waals surface area (Å²) in [6.07, 6.45) is 2.22.